The largest absolute Gasteiger partial charge is 0.498 e. The van der Waals surface area contributed by atoms with Gasteiger partial charge in [0.25, 0.3) is 0 Å². The Morgan fingerprint density at radius 2 is 1.89 bits per heavy atom. The molecule has 1 aromatic rings. The van der Waals surface area contributed by atoms with E-state index in [0.29, 0.717) is 36.1 Å². The van der Waals surface area contributed by atoms with Crippen molar-refractivity contribution in [3.8, 4) is 0 Å². The number of rotatable bonds is 11. The number of benzene rings is 1. The van der Waals surface area contributed by atoms with E-state index in [1.165, 1.54) is 0 Å². The van der Waals surface area contributed by atoms with Gasteiger partial charge in [-0.25, -0.2) is 8.78 Å². The lowest BCUT2D eigenvalue weighted by Gasteiger charge is -2.41. The molecule has 3 aliphatic rings. The fourth-order valence-electron chi connectivity index (χ4n) is 5.04. The second kappa shape index (κ2) is 12.0. The van der Waals surface area contributed by atoms with Crippen molar-refractivity contribution in [1.82, 2.24) is 0 Å². The van der Waals surface area contributed by atoms with Gasteiger partial charge in [-0.1, -0.05) is 23.7 Å². The minimum Gasteiger partial charge on any atom is -0.498 e. The minimum atomic E-state index is -2.34. The van der Waals surface area contributed by atoms with Crippen molar-refractivity contribution in [2.45, 2.75) is 87.5 Å². The molecule has 3 unspecified atom stereocenters. The van der Waals surface area contributed by atoms with Crippen LogP contribution in [0.25, 0.3) is 0 Å². The number of hydrogen-bond acceptors (Lipinski definition) is 7. The highest BCUT2D eigenvalue weighted by Crippen LogP contribution is 2.52. The van der Waals surface area contributed by atoms with Crippen molar-refractivity contribution in [2.24, 2.45) is 5.92 Å². The monoisotopic (exact) mass is 532 g/mol. The molecule has 1 saturated carbocycles. The van der Waals surface area contributed by atoms with Gasteiger partial charge >= 0.3 is 0 Å². The van der Waals surface area contributed by atoms with Crippen molar-refractivity contribution in [1.29, 1.82) is 0 Å². The Bertz CT molecular complexity index is 916. The minimum absolute atomic E-state index is 0.0585. The Kier molecular flexibility index (Phi) is 9.25. The van der Waals surface area contributed by atoms with Crippen LogP contribution in [-0.4, -0.2) is 76.7 Å². The first-order chi connectivity index (χ1) is 17.2. The van der Waals surface area contributed by atoms with Crippen LogP contribution in [0.4, 0.5) is 8.78 Å². The molecular weight excluding hydrogens is 498 g/mol. The smallest absolute Gasteiger partial charge is 0.240 e. The summed E-state index contributed by atoms with van der Waals surface area (Å²) in [5.41, 5.74) is 0.295. The molecule has 1 spiro atoms. The van der Waals surface area contributed by atoms with Gasteiger partial charge in [-0.3, -0.25) is 0 Å². The van der Waals surface area contributed by atoms with E-state index in [1.807, 2.05) is 6.07 Å². The lowest BCUT2D eigenvalue weighted by Crippen LogP contribution is -2.56. The summed E-state index contributed by atoms with van der Waals surface area (Å²) in [6.45, 7) is 0.940. The lowest BCUT2D eigenvalue weighted by atomic mass is 9.85. The molecule has 0 aromatic heterocycles. The average molecular weight is 533 g/mol. The second-order valence-electron chi connectivity index (χ2n) is 10.00. The summed E-state index contributed by atoms with van der Waals surface area (Å²) in [5, 5.41) is 41.8. The van der Waals surface area contributed by atoms with Crippen LogP contribution in [0.3, 0.4) is 0 Å². The van der Waals surface area contributed by atoms with Crippen molar-refractivity contribution in [3.05, 3.63) is 46.2 Å². The van der Waals surface area contributed by atoms with E-state index in [-0.39, 0.29) is 19.4 Å². The fourth-order valence-corrected chi connectivity index (χ4v) is 5.24. The Hall–Kier alpha value is -1.33. The van der Waals surface area contributed by atoms with E-state index < -0.39 is 42.5 Å². The van der Waals surface area contributed by atoms with Crippen LogP contribution in [-0.2, 0) is 20.6 Å². The number of allylic oxidation sites excluding steroid dienone is 2. The van der Waals surface area contributed by atoms with Crippen molar-refractivity contribution >= 4 is 11.6 Å². The number of ether oxygens (including phenoxy) is 3. The lowest BCUT2D eigenvalue weighted by molar-refractivity contribution is -0.244. The Balaban J connectivity index is 1.28. The summed E-state index contributed by atoms with van der Waals surface area (Å²) in [7, 11) is 0. The molecule has 4 rings (SSSR count). The first kappa shape index (κ1) is 27.7. The Morgan fingerprint density at radius 3 is 2.56 bits per heavy atom. The maximum Gasteiger partial charge on any atom is 0.240 e. The maximum absolute atomic E-state index is 12.1. The van der Waals surface area contributed by atoms with E-state index in [4.69, 9.17) is 25.8 Å². The van der Waals surface area contributed by atoms with Gasteiger partial charge in [0.05, 0.1) is 25.1 Å². The van der Waals surface area contributed by atoms with Crippen LogP contribution in [0.2, 0.25) is 5.02 Å². The van der Waals surface area contributed by atoms with E-state index >= 15 is 0 Å². The molecule has 10 heteroatoms. The summed E-state index contributed by atoms with van der Waals surface area (Å²) in [5.74, 6) is 1.28. The predicted molar refractivity (Wildman–Crippen MR) is 128 cm³/mol. The zero-order chi connectivity index (χ0) is 25.9. The SMILES string of the molecule is OC1CC12O[C@@H](c1ccc(Cl)c(CC3CC=C(OCCCOCCC(F)F)CC3)c1)[C@H](O)[C@@H](O)[C@@H]2O. The normalized spacial score (nSPS) is 34.2. The number of aliphatic hydroxyl groups excluding tert-OH is 4. The molecule has 7 atom stereocenters. The standard InChI is InChI=1S/C26H35ClF2O7/c27-19-7-4-16(24-22(31)23(32)25(33)26(36-24)14-20(26)30)13-17(19)12-15-2-5-18(6-3-15)35-10-1-9-34-11-8-21(28)29/h4-5,7,13,15,20-25,30-33H,1-3,6,8-12,14H2/t15?,20?,22-,23-,24+,25+,26?/m1/s1. The predicted octanol–water partition coefficient (Wildman–Crippen LogP) is 3.30. The third-order valence-corrected chi connectivity index (χ3v) is 7.70. The molecule has 1 aliphatic heterocycles. The first-order valence-electron chi connectivity index (χ1n) is 12.6. The zero-order valence-electron chi connectivity index (χ0n) is 20.1. The van der Waals surface area contributed by atoms with Crippen LogP contribution in [0, 0.1) is 5.92 Å². The molecule has 2 aliphatic carbocycles. The molecule has 1 heterocycles. The van der Waals surface area contributed by atoms with E-state index in [2.05, 4.69) is 6.08 Å². The molecule has 1 aromatic carbocycles. The Labute approximate surface area is 214 Å². The topological polar surface area (TPSA) is 109 Å². The Morgan fingerprint density at radius 1 is 1.11 bits per heavy atom. The average Bonchev–Trinajstić information content (AvgIpc) is 3.51. The second-order valence-corrected chi connectivity index (χ2v) is 10.4. The number of hydrogen-bond donors (Lipinski definition) is 4. The van der Waals surface area contributed by atoms with Gasteiger partial charge in [-0.15, -0.1) is 0 Å². The molecule has 1 saturated heterocycles. The summed E-state index contributed by atoms with van der Waals surface area (Å²) < 4.78 is 41.0. The van der Waals surface area contributed by atoms with Crippen molar-refractivity contribution < 1.29 is 43.4 Å². The highest BCUT2D eigenvalue weighted by molar-refractivity contribution is 6.31. The quantitative estimate of drug-likeness (QED) is 0.324. The third-order valence-electron chi connectivity index (χ3n) is 7.33. The van der Waals surface area contributed by atoms with Gasteiger partial charge < -0.3 is 34.6 Å². The fraction of sp³-hybridized carbons (Fsp3) is 0.692. The van der Waals surface area contributed by atoms with Gasteiger partial charge in [0.15, 0.2) is 0 Å². The molecule has 0 amide bonds. The summed E-state index contributed by atoms with van der Waals surface area (Å²) >= 11 is 6.47. The van der Waals surface area contributed by atoms with Gasteiger partial charge in [-0.2, -0.15) is 0 Å². The molecule has 202 valence electrons. The molecule has 0 radical (unpaired) electrons. The summed E-state index contributed by atoms with van der Waals surface area (Å²) in [6, 6.07) is 5.34. The van der Waals surface area contributed by atoms with Crippen molar-refractivity contribution in [2.75, 3.05) is 19.8 Å². The van der Waals surface area contributed by atoms with Crippen LogP contribution in [0.15, 0.2) is 30.0 Å². The number of halogens is 3. The summed E-state index contributed by atoms with van der Waals surface area (Å²) in [6.07, 6.45) is -2.28. The van der Waals surface area contributed by atoms with Crippen molar-refractivity contribution in [3.63, 3.8) is 0 Å². The maximum atomic E-state index is 12.1. The molecule has 4 N–H and O–H groups in total. The van der Waals surface area contributed by atoms with E-state index in [0.717, 1.165) is 37.0 Å². The molecular formula is C26H35ClF2O7. The zero-order valence-corrected chi connectivity index (χ0v) is 20.8. The molecule has 36 heavy (non-hydrogen) atoms. The summed E-state index contributed by atoms with van der Waals surface area (Å²) in [4.78, 5) is 0. The van der Waals surface area contributed by atoms with Gasteiger partial charge in [0, 0.05) is 37.3 Å². The molecule has 7 nitrogen and oxygen atoms in total. The van der Waals surface area contributed by atoms with Gasteiger partial charge in [0.1, 0.15) is 30.0 Å². The number of aliphatic hydroxyl groups is 4. The number of alkyl halides is 2. The van der Waals surface area contributed by atoms with E-state index in [9.17, 15) is 29.2 Å². The van der Waals surface area contributed by atoms with E-state index in [1.54, 1.807) is 12.1 Å². The van der Waals surface area contributed by atoms with Crippen LogP contribution >= 0.6 is 11.6 Å². The third kappa shape index (κ3) is 6.38. The van der Waals surface area contributed by atoms with Gasteiger partial charge in [0.2, 0.25) is 6.43 Å². The van der Waals surface area contributed by atoms with Gasteiger partial charge in [-0.05, 0) is 48.4 Å². The molecule has 0 bridgehead atoms. The van der Waals surface area contributed by atoms with Crippen LogP contribution in [0.1, 0.15) is 55.8 Å². The highest BCUT2D eigenvalue weighted by atomic mass is 35.5. The van der Waals surface area contributed by atoms with Crippen LogP contribution < -0.4 is 0 Å². The first-order valence-corrected chi connectivity index (χ1v) is 12.9. The van der Waals surface area contributed by atoms with Crippen LogP contribution in [0.5, 0.6) is 0 Å². The molecule has 2 fully saturated rings. The highest BCUT2D eigenvalue weighted by Gasteiger charge is 2.67.